The van der Waals surface area contributed by atoms with Gasteiger partial charge in [0.25, 0.3) is 0 Å². The van der Waals surface area contributed by atoms with Gasteiger partial charge in [0.15, 0.2) is 0 Å². The highest BCUT2D eigenvalue weighted by Gasteiger charge is 2.07. The summed E-state index contributed by atoms with van der Waals surface area (Å²) in [7, 11) is 0. The topological polar surface area (TPSA) is 58.5 Å². The number of fused-ring (bicyclic) bond motifs is 1. The lowest BCUT2D eigenvalue weighted by atomic mass is 10.1. The second kappa shape index (κ2) is 5.57. The lowest BCUT2D eigenvalue weighted by Crippen LogP contribution is -2.03. The fourth-order valence-electron chi connectivity index (χ4n) is 2.61. The standard InChI is InChI=1S/C17H14FN5/c18-14-8-12(4-5-16(14)23-11-19-10-22-23)9-21-15-3-1-2-13-6-7-20-17(13)15/h1-8,10-11,20-21H,9H2. The van der Waals surface area contributed by atoms with Gasteiger partial charge in [-0.1, -0.05) is 18.2 Å². The molecule has 0 spiro atoms. The van der Waals surface area contributed by atoms with Gasteiger partial charge in [-0.15, -0.1) is 0 Å². The number of nitrogens with zero attached hydrogens (tertiary/aromatic N) is 3. The summed E-state index contributed by atoms with van der Waals surface area (Å²) < 4.78 is 15.6. The Morgan fingerprint density at radius 1 is 1.17 bits per heavy atom. The Kier molecular flexibility index (Phi) is 3.27. The number of para-hydroxylation sites is 1. The van der Waals surface area contributed by atoms with Crippen LogP contribution in [0.1, 0.15) is 5.56 Å². The molecule has 2 aromatic heterocycles. The number of H-pyrrole nitrogens is 1. The average Bonchev–Trinajstić information content (AvgIpc) is 3.24. The van der Waals surface area contributed by atoms with E-state index in [-0.39, 0.29) is 5.82 Å². The summed E-state index contributed by atoms with van der Waals surface area (Å²) in [4.78, 5) is 7.04. The van der Waals surface area contributed by atoms with Gasteiger partial charge in [0, 0.05) is 18.1 Å². The first-order valence-electron chi connectivity index (χ1n) is 7.25. The highest BCUT2D eigenvalue weighted by Crippen LogP contribution is 2.22. The molecule has 0 unspecified atom stereocenters. The number of anilines is 1. The molecule has 4 aromatic rings. The minimum atomic E-state index is -0.326. The average molecular weight is 307 g/mol. The molecule has 0 saturated carbocycles. The fourth-order valence-corrected chi connectivity index (χ4v) is 2.61. The molecule has 0 saturated heterocycles. The molecule has 2 aromatic carbocycles. The van der Waals surface area contributed by atoms with E-state index in [1.54, 1.807) is 6.07 Å². The van der Waals surface area contributed by atoms with Gasteiger partial charge in [-0.2, -0.15) is 5.10 Å². The zero-order chi connectivity index (χ0) is 15.6. The number of hydrogen-bond acceptors (Lipinski definition) is 3. The molecule has 0 amide bonds. The second-order valence-electron chi connectivity index (χ2n) is 5.23. The van der Waals surface area contributed by atoms with Crippen LogP contribution in [-0.2, 0) is 6.54 Å². The molecule has 0 fully saturated rings. The van der Waals surface area contributed by atoms with E-state index < -0.39 is 0 Å². The van der Waals surface area contributed by atoms with E-state index in [2.05, 4.69) is 20.4 Å². The Balaban J connectivity index is 1.55. The molecular weight excluding hydrogens is 293 g/mol. The van der Waals surface area contributed by atoms with E-state index in [4.69, 9.17) is 0 Å². The van der Waals surface area contributed by atoms with Crippen molar-refractivity contribution in [3.8, 4) is 5.69 Å². The van der Waals surface area contributed by atoms with E-state index in [1.165, 1.54) is 23.4 Å². The smallest absolute Gasteiger partial charge is 0.149 e. The maximum absolute atomic E-state index is 14.2. The Morgan fingerprint density at radius 3 is 2.96 bits per heavy atom. The van der Waals surface area contributed by atoms with Crippen LogP contribution >= 0.6 is 0 Å². The predicted molar refractivity (Wildman–Crippen MR) is 86.9 cm³/mol. The molecule has 2 N–H and O–H groups in total. The summed E-state index contributed by atoms with van der Waals surface area (Å²) in [6.45, 7) is 0.534. The first kappa shape index (κ1) is 13.5. The minimum Gasteiger partial charge on any atom is -0.379 e. The number of aromatic nitrogens is 4. The van der Waals surface area contributed by atoms with Gasteiger partial charge < -0.3 is 10.3 Å². The van der Waals surface area contributed by atoms with Crippen molar-refractivity contribution in [2.24, 2.45) is 0 Å². The SMILES string of the molecule is Fc1cc(CNc2cccc3cc[nH]c23)ccc1-n1cncn1. The molecule has 4 rings (SSSR count). The van der Waals surface area contributed by atoms with E-state index in [1.807, 2.05) is 36.5 Å². The van der Waals surface area contributed by atoms with Gasteiger partial charge in [0.2, 0.25) is 0 Å². The van der Waals surface area contributed by atoms with E-state index in [0.717, 1.165) is 22.2 Å². The largest absolute Gasteiger partial charge is 0.379 e. The van der Waals surface area contributed by atoms with Crippen molar-refractivity contribution in [3.63, 3.8) is 0 Å². The zero-order valence-corrected chi connectivity index (χ0v) is 12.2. The van der Waals surface area contributed by atoms with E-state index >= 15 is 0 Å². The molecule has 0 aliphatic rings. The summed E-state index contributed by atoms with van der Waals surface area (Å²) in [5.41, 5.74) is 3.29. The number of hydrogen-bond donors (Lipinski definition) is 2. The van der Waals surface area contributed by atoms with Crippen molar-refractivity contribution in [1.82, 2.24) is 19.7 Å². The lowest BCUT2D eigenvalue weighted by molar-refractivity contribution is 0.608. The molecule has 2 heterocycles. The Morgan fingerprint density at radius 2 is 2.13 bits per heavy atom. The number of benzene rings is 2. The van der Waals surface area contributed by atoms with Crippen LogP contribution in [0.4, 0.5) is 10.1 Å². The molecule has 6 heteroatoms. The minimum absolute atomic E-state index is 0.326. The molecule has 114 valence electrons. The van der Waals surface area contributed by atoms with Crippen molar-refractivity contribution in [2.45, 2.75) is 6.54 Å². The number of nitrogens with one attached hydrogen (secondary N) is 2. The predicted octanol–water partition coefficient (Wildman–Crippen LogP) is 3.50. The van der Waals surface area contributed by atoms with Gasteiger partial charge >= 0.3 is 0 Å². The van der Waals surface area contributed by atoms with Crippen molar-refractivity contribution in [3.05, 3.63) is 72.7 Å². The third-order valence-corrected chi connectivity index (χ3v) is 3.75. The van der Waals surface area contributed by atoms with Crippen LogP contribution in [0.15, 0.2) is 61.3 Å². The van der Waals surface area contributed by atoms with Gasteiger partial charge in [-0.05, 0) is 29.8 Å². The van der Waals surface area contributed by atoms with Crippen molar-refractivity contribution >= 4 is 16.6 Å². The normalized spacial score (nSPS) is 11.0. The summed E-state index contributed by atoms with van der Waals surface area (Å²) in [5, 5.41) is 8.42. The van der Waals surface area contributed by atoms with E-state index in [9.17, 15) is 4.39 Å². The molecule has 23 heavy (non-hydrogen) atoms. The monoisotopic (exact) mass is 307 g/mol. The number of aromatic amines is 1. The third kappa shape index (κ3) is 2.55. The lowest BCUT2D eigenvalue weighted by Gasteiger charge is -2.09. The summed E-state index contributed by atoms with van der Waals surface area (Å²) in [5.74, 6) is -0.326. The van der Waals surface area contributed by atoms with Crippen LogP contribution in [0.5, 0.6) is 0 Å². The third-order valence-electron chi connectivity index (χ3n) is 3.75. The van der Waals surface area contributed by atoms with Crippen LogP contribution in [0.25, 0.3) is 16.6 Å². The van der Waals surface area contributed by atoms with Crippen molar-refractivity contribution in [1.29, 1.82) is 0 Å². The number of rotatable bonds is 4. The molecule has 0 radical (unpaired) electrons. The Bertz CT molecular complexity index is 943. The molecule has 0 atom stereocenters. The first-order chi connectivity index (χ1) is 11.3. The Labute approximate surface area is 131 Å². The van der Waals surface area contributed by atoms with E-state index in [0.29, 0.717) is 12.2 Å². The first-order valence-corrected chi connectivity index (χ1v) is 7.25. The van der Waals surface area contributed by atoms with Crippen LogP contribution in [-0.4, -0.2) is 19.7 Å². The van der Waals surface area contributed by atoms with Crippen LogP contribution in [0, 0.1) is 5.82 Å². The number of halogens is 1. The molecule has 0 bridgehead atoms. The van der Waals surface area contributed by atoms with Gasteiger partial charge in [0.1, 0.15) is 24.2 Å². The van der Waals surface area contributed by atoms with Crippen LogP contribution < -0.4 is 5.32 Å². The van der Waals surface area contributed by atoms with Crippen LogP contribution in [0.2, 0.25) is 0 Å². The molecular formula is C17H14FN5. The maximum atomic E-state index is 14.2. The van der Waals surface area contributed by atoms with Crippen molar-refractivity contribution in [2.75, 3.05) is 5.32 Å². The molecule has 0 aliphatic heterocycles. The summed E-state index contributed by atoms with van der Waals surface area (Å²) in [6, 6.07) is 13.2. The fraction of sp³-hybridized carbons (Fsp3) is 0.0588. The highest BCUT2D eigenvalue weighted by molar-refractivity contribution is 5.90. The second-order valence-corrected chi connectivity index (χ2v) is 5.23. The van der Waals surface area contributed by atoms with Crippen LogP contribution in [0.3, 0.4) is 0 Å². The van der Waals surface area contributed by atoms with Gasteiger partial charge in [-0.3, -0.25) is 0 Å². The highest BCUT2D eigenvalue weighted by atomic mass is 19.1. The maximum Gasteiger partial charge on any atom is 0.149 e. The molecule has 5 nitrogen and oxygen atoms in total. The Hall–Kier alpha value is -3.15. The summed E-state index contributed by atoms with van der Waals surface area (Å²) >= 11 is 0. The zero-order valence-electron chi connectivity index (χ0n) is 12.2. The van der Waals surface area contributed by atoms with Gasteiger partial charge in [0.05, 0.1) is 11.2 Å². The van der Waals surface area contributed by atoms with Gasteiger partial charge in [-0.25, -0.2) is 14.1 Å². The summed E-state index contributed by atoms with van der Waals surface area (Å²) in [6.07, 6.45) is 4.76. The van der Waals surface area contributed by atoms with Crippen molar-refractivity contribution < 1.29 is 4.39 Å². The quantitative estimate of drug-likeness (QED) is 0.606. The molecule has 0 aliphatic carbocycles.